The van der Waals surface area contributed by atoms with E-state index < -0.39 is 0 Å². The number of aromatic nitrogens is 4. The summed E-state index contributed by atoms with van der Waals surface area (Å²) in [7, 11) is 0. The van der Waals surface area contributed by atoms with Crippen LogP contribution >= 0.6 is 11.3 Å². The topological polar surface area (TPSA) is 93.8 Å². The number of aryl methyl sites for hydroxylation is 3. The average Bonchev–Trinajstić information content (AvgIpc) is 3.40. The van der Waals surface area contributed by atoms with Crippen molar-refractivity contribution in [3.63, 3.8) is 0 Å². The predicted octanol–water partition coefficient (Wildman–Crippen LogP) is 5.25. The molecule has 158 valence electrons. The van der Waals surface area contributed by atoms with Crippen molar-refractivity contribution in [2.75, 3.05) is 5.32 Å². The van der Waals surface area contributed by atoms with E-state index >= 15 is 0 Å². The fourth-order valence-electron chi connectivity index (χ4n) is 3.34. The Bertz CT molecular complexity index is 1230. The molecule has 0 bridgehead atoms. The molecule has 31 heavy (non-hydrogen) atoms. The number of carbonyl (C=O) groups is 1. The van der Waals surface area contributed by atoms with Crippen molar-refractivity contribution in [2.45, 2.75) is 40.5 Å². The third kappa shape index (κ3) is 4.25. The van der Waals surface area contributed by atoms with Crippen molar-refractivity contribution in [3.8, 4) is 22.0 Å². The minimum atomic E-state index is -0.216. The standard InChI is InChI=1S/C23H23N5O2S/c1-5-15-10-24-12-17(14(15)4)22(29)26-20-8-7-16(11-25-20)21-19(6-2)31-23(27-21)18-9-13(3)30-28-18/h7-12H,5-6H2,1-4H3,(H,25,26,29). The highest BCUT2D eigenvalue weighted by molar-refractivity contribution is 7.15. The van der Waals surface area contributed by atoms with Gasteiger partial charge in [0.05, 0.1) is 11.3 Å². The average molecular weight is 434 g/mol. The van der Waals surface area contributed by atoms with Crippen LogP contribution in [0, 0.1) is 13.8 Å². The van der Waals surface area contributed by atoms with E-state index in [2.05, 4.69) is 27.4 Å². The quantitative estimate of drug-likeness (QED) is 0.446. The van der Waals surface area contributed by atoms with Crippen LogP contribution in [0.4, 0.5) is 5.82 Å². The first-order valence-corrected chi connectivity index (χ1v) is 11.0. The minimum absolute atomic E-state index is 0.216. The number of carbonyl (C=O) groups excluding carboxylic acids is 1. The van der Waals surface area contributed by atoms with Crippen LogP contribution in [0.1, 0.15) is 46.0 Å². The van der Waals surface area contributed by atoms with E-state index in [0.717, 1.165) is 56.6 Å². The lowest BCUT2D eigenvalue weighted by molar-refractivity contribution is 0.102. The number of anilines is 1. The van der Waals surface area contributed by atoms with Gasteiger partial charge in [0.2, 0.25) is 0 Å². The molecule has 4 rings (SSSR count). The third-order valence-corrected chi connectivity index (χ3v) is 6.31. The van der Waals surface area contributed by atoms with Crippen molar-refractivity contribution in [2.24, 2.45) is 0 Å². The van der Waals surface area contributed by atoms with Gasteiger partial charge in [0.25, 0.3) is 5.91 Å². The molecule has 1 N–H and O–H groups in total. The number of nitrogens with one attached hydrogen (secondary N) is 1. The molecule has 0 fully saturated rings. The Labute approximate surface area is 184 Å². The summed E-state index contributed by atoms with van der Waals surface area (Å²) in [4.78, 5) is 27.2. The monoisotopic (exact) mass is 433 g/mol. The first-order valence-electron chi connectivity index (χ1n) is 10.1. The molecule has 4 aromatic heterocycles. The zero-order valence-electron chi connectivity index (χ0n) is 17.9. The lowest BCUT2D eigenvalue weighted by atomic mass is 10.0. The van der Waals surface area contributed by atoms with Gasteiger partial charge in [0.15, 0.2) is 0 Å². The normalized spacial score (nSPS) is 11.0. The smallest absolute Gasteiger partial charge is 0.258 e. The number of thiazole rings is 1. The van der Waals surface area contributed by atoms with Gasteiger partial charge in [0, 0.05) is 35.1 Å². The van der Waals surface area contributed by atoms with Crippen LogP contribution in [0.5, 0.6) is 0 Å². The van der Waals surface area contributed by atoms with Crippen molar-refractivity contribution < 1.29 is 9.32 Å². The van der Waals surface area contributed by atoms with Crippen molar-refractivity contribution in [1.29, 1.82) is 0 Å². The molecule has 0 radical (unpaired) electrons. The Morgan fingerprint density at radius 1 is 1.13 bits per heavy atom. The highest BCUT2D eigenvalue weighted by Gasteiger charge is 2.17. The fourth-order valence-corrected chi connectivity index (χ4v) is 4.31. The first kappa shape index (κ1) is 20.9. The van der Waals surface area contributed by atoms with Crippen molar-refractivity contribution in [1.82, 2.24) is 20.1 Å². The Balaban J connectivity index is 1.56. The van der Waals surface area contributed by atoms with Crippen LogP contribution in [0.15, 0.2) is 41.3 Å². The summed E-state index contributed by atoms with van der Waals surface area (Å²) in [5.41, 5.74) is 5.07. The molecule has 0 aliphatic carbocycles. The summed E-state index contributed by atoms with van der Waals surface area (Å²) in [6.07, 6.45) is 6.80. The Morgan fingerprint density at radius 2 is 1.97 bits per heavy atom. The molecule has 0 saturated carbocycles. The molecule has 0 spiro atoms. The maximum Gasteiger partial charge on any atom is 0.258 e. The maximum absolute atomic E-state index is 12.7. The minimum Gasteiger partial charge on any atom is -0.361 e. The lowest BCUT2D eigenvalue weighted by Crippen LogP contribution is -2.15. The molecule has 0 atom stereocenters. The van der Waals surface area contributed by atoms with Gasteiger partial charge in [-0.3, -0.25) is 9.78 Å². The fraction of sp³-hybridized carbons (Fsp3) is 0.261. The summed E-state index contributed by atoms with van der Waals surface area (Å²) in [6.45, 7) is 7.94. The van der Waals surface area contributed by atoms with E-state index in [1.807, 2.05) is 32.9 Å². The highest BCUT2D eigenvalue weighted by Crippen LogP contribution is 2.34. The van der Waals surface area contributed by atoms with Crippen LogP contribution < -0.4 is 5.32 Å². The van der Waals surface area contributed by atoms with E-state index in [4.69, 9.17) is 9.51 Å². The second-order valence-electron chi connectivity index (χ2n) is 7.18. The van der Waals surface area contributed by atoms with Crippen molar-refractivity contribution in [3.05, 3.63) is 64.1 Å². The van der Waals surface area contributed by atoms with Gasteiger partial charge in [-0.15, -0.1) is 11.3 Å². The molecule has 0 aliphatic rings. The van der Waals surface area contributed by atoms with E-state index in [-0.39, 0.29) is 5.91 Å². The molecular weight excluding hydrogens is 410 g/mol. The van der Waals surface area contributed by atoms with Crippen LogP contribution in [0.25, 0.3) is 22.0 Å². The summed E-state index contributed by atoms with van der Waals surface area (Å²) in [5.74, 6) is 1.02. The molecule has 1 amide bonds. The molecule has 0 aliphatic heterocycles. The number of nitrogens with zero attached hydrogens (tertiary/aromatic N) is 4. The van der Waals surface area contributed by atoms with E-state index in [1.165, 1.54) is 0 Å². The molecular formula is C23H23N5O2S. The largest absolute Gasteiger partial charge is 0.361 e. The molecule has 4 heterocycles. The van der Waals surface area contributed by atoms with E-state index in [1.54, 1.807) is 36.0 Å². The lowest BCUT2D eigenvalue weighted by Gasteiger charge is -2.10. The molecule has 8 heteroatoms. The molecule has 4 aromatic rings. The molecule has 0 saturated heterocycles. The Morgan fingerprint density at radius 3 is 2.61 bits per heavy atom. The maximum atomic E-state index is 12.7. The van der Waals surface area contributed by atoms with Gasteiger partial charge >= 0.3 is 0 Å². The van der Waals surface area contributed by atoms with Crippen LogP contribution in [-0.2, 0) is 12.8 Å². The van der Waals surface area contributed by atoms with Crippen molar-refractivity contribution >= 4 is 23.1 Å². The van der Waals surface area contributed by atoms with E-state index in [0.29, 0.717) is 11.4 Å². The zero-order valence-corrected chi connectivity index (χ0v) is 18.7. The van der Waals surface area contributed by atoms with Gasteiger partial charge in [-0.25, -0.2) is 9.97 Å². The summed E-state index contributed by atoms with van der Waals surface area (Å²) in [6, 6.07) is 5.59. The summed E-state index contributed by atoms with van der Waals surface area (Å²) in [5, 5.41) is 7.75. The number of pyridine rings is 2. The van der Waals surface area contributed by atoms with Crippen LogP contribution in [-0.4, -0.2) is 26.0 Å². The molecule has 0 aromatic carbocycles. The van der Waals surface area contributed by atoms with Gasteiger partial charge in [-0.2, -0.15) is 0 Å². The highest BCUT2D eigenvalue weighted by atomic mass is 32.1. The van der Waals surface area contributed by atoms with Crippen LogP contribution in [0.2, 0.25) is 0 Å². The second kappa shape index (κ2) is 8.77. The first-order chi connectivity index (χ1) is 15.0. The van der Waals surface area contributed by atoms with Gasteiger partial charge in [-0.05, 0) is 49.9 Å². The zero-order chi connectivity index (χ0) is 22.0. The summed E-state index contributed by atoms with van der Waals surface area (Å²) < 4.78 is 5.18. The summed E-state index contributed by atoms with van der Waals surface area (Å²) >= 11 is 1.60. The third-order valence-electron chi connectivity index (χ3n) is 5.09. The predicted molar refractivity (Wildman–Crippen MR) is 121 cm³/mol. The van der Waals surface area contributed by atoms with Gasteiger partial charge in [-0.1, -0.05) is 19.0 Å². The molecule has 7 nitrogen and oxygen atoms in total. The van der Waals surface area contributed by atoms with Crippen LogP contribution in [0.3, 0.4) is 0 Å². The second-order valence-corrected chi connectivity index (χ2v) is 8.26. The number of amides is 1. The van der Waals surface area contributed by atoms with E-state index in [9.17, 15) is 4.79 Å². The number of hydrogen-bond donors (Lipinski definition) is 1. The SMILES string of the molecule is CCc1cncc(C(=O)Nc2ccc(-c3nc(-c4cc(C)on4)sc3CC)cn2)c1C. The van der Waals surface area contributed by atoms with Gasteiger partial charge < -0.3 is 9.84 Å². The number of hydrogen-bond acceptors (Lipinski definition) is 7. The number of rotatable bonds is 6. The molecule has 0 unspecified atom stereocenters. The Hall–Kier alpha value is -3.39. The van der Waals surface area contributed by atoms with Gasteiger partial charge in [0.1, 0.15) is 22.3 Å². The Kier molecular flexibility index (Phi) is 5.90.